The van der Waals surface area contributed by atoms with Crippen LogP contribution in [0.1, 0.15) is 50.1 Å². The van der Waals surface area contributed by atoms with Crippen molar-refractivity contribution in [1.29, 1.82) is 0 Å². The number of aliphatic imine (C=N–C) groups is 1. The van der Waals surface area contributed by atoms with E-state index < -0.39 is 23.6 Å². The van der Waals surface area contributed by atoms with E-state index in [-0.39, 0.29) is 24.3 Å². The Morgan fingerprint density at radius 3 is 2.59 bits per heavy atom. The molecule has 5 rings (SSSR count). The van der Waals surface area contributed by atoms with Gasteiger partial charge in [-0.15, -0.1) is 0 Å². The first-order valence-corrected chi connectivity index (χ1v) is 12.5. The van der Waals surface area contributed by atoms with Crippen molar-refractivity contribution >= 4 is 17.6 Å². The number of pyridine rings is 1. The quantitative estimate of drug-likeness (QED) is 0.535. The maximum absolute atomic E-state index is 13.7. The Labute approximate surface area is 215 Å². The van der Waals surface area contributed by atoms with Crippen LogP contribution in [-0.2, 0) is 15.1 Å². The minimum Gasteiger partial charge on any atom is -0.391 e. The number of carbonyl (C=O) groups is 2. The lowest BCUT2D eigenvalue weighted by atomic mass is 9.91. The second-order valence-corrected chi connectivity index (χ2v) is 10.3. The van der Waals surface area contributed by atoms with E-state index >= 15 is 0 Å². The van der Waals surface area contributed by atoms with Gasteiger partial charge in [0.2, 0.25) is 5.91 Å². The Morgan fingerprint density at radius 1 is 1.22 bits per heavy atom. The summed E-state index contributed by atoms with van der Waals surface area (Å²) in [5.74, 6) is -0.172. The lowest BCUT2D eigenvalue weighted by Crippen LogP contribution is -2.48. The van der Waals surface area contributed by atoms with Crippen molar-refractivity contribution in [3.8, 4) is 11.1 Å². The second-order valence-electron chi connectivity index (χ2n) is 10.3. The molecule has 2 aliphatic rings. The van der Waals surface area contributed by atoms with Gasteiger partial charge in [0.05, 0.1) is 17.8 Å². The maximum Gasteiger partial charge on any atom is 0.257 e. The normalized spacial score (nSPS) is 24.3. The predicted octanol–water partition coefficient (Wildman–Crippen LogP) is 3.19. The molecule has 192 valence electrons. The highest BCUT2D eigenvalue weighted by atomic mass is 16.5. The number of rotatable bonds is 6. The summed E-state index contributed by atoms with van der Waals surface area (Å²) >= 11 is 0. The Kier molecular flexibility index (Phi) is 6.41. The number of hydrogen-bond acceptors (Lipinski definition) is 7. The number of β-amino-alcohol motifs (C(OH)–C–C–N with tert-alkyl or cyclic N) is 1. The summed E-state index contributed by atoms with van der Waals surface area (Å²) < 4.78 is 5.44. The molecule has 2 amide bonds. The molecule has 0 unspecified atom stereocenters. The predicted molar refractivity (Wildman–Crippen MR) is 138 cm³/mol. The number of amides is 2. The molecule has 37 heavy (non-hydrogen) atoms. The van der Waals surface area contributed by atoms with E-state index in [0.29, 0.717) is 23.7 Å². The lowest BCUT2D eigenvalue weighted by Gasteiger charge is -2.29. The minimum atomic E-state index is -1.15. The number of aryl methyl sites for hydroxylation is 1. The van der Waals surface area contributed by atoms with E-state index in [4.69, 9.17) is 9.52 Å². The number of amidine groups is 1. The van der Waals surface area contributed by atoms with Gasteiger partial charge >= 0.3 is 0 Å². The third-order valence-corrected chi connectivity index (χ3v) is 7.23. The van der Waals surface area contributed by atoms with E-state index in [1.54, 1.807) is 30.3 Å². The zero-order valence-corrected chi connectivity index (χ0v) is 21.4. The van der Waals surface area contributed by atoms with Gasteiger partial charge in [0, 0.05) is 31.4 Å². The lowest BCUT2D eigenvalue weighted by molar-refractivity contribution is -0.134. The second kappa shape index (κ2) is 9.55. The largest absolute Gasteiger partial charge is 0.391 e. The van der Waals surface area contributed by atoms with Crippen LogP contribution < -0.4 is 5.32 Å². The number of aliphatic hydroxyl groups is 1. The van der Waals surface area contributed by atoms with Crippen molar-refractivity contribution in [2.75, 3.05) is 6.54 Å². The maximum atomic E-state index is 13.7. The van der Waals surface area contributed by atoms with Crippen molar-refractivity contribution in [2.45, 2.75) is 57.7 Å². The highest BCUT2D eigenvalue weighted by Gasteiger charge is 2.48. The highest BCUT2D eigenvalue weighted by molar-refractivity contribution is 6.11. The first-order valence-electron chi connectivity index (χ1n) is 12.5. The molecule has 0 radical (unpaired) electrons. The number of carbonyl (C=O) groups excluding carboxylic acids is 2. The molecular weight excluding hydrogens is 470 g/mol. The average molecular weight is 502 g/mol. The van der Waals surface area contributed by atoms with E-state index in [9.17, 15) is 14.7 Å². The first kappa shape index (κ1) is 24.8. The van der Waals surface area contributed by atoms with Gasteiger partial charge in [0.15, 0.2) is 5.54 Å². The zero-order chi connectivity index (χ0) is 26.3. The molecule has 4 heterocycles. The topological polar surface area (TPSA) is 121 Å². The summed E-state index contributed by atoms with van der Waals surface area (Å²) in [5, 5.41) is 17.4. The van der Waals surface area contributed by atoms with Crippen LogP contribution in [0.3, 0.4) is 0 Å². The van der Waals surface area contributed by atoms with Gasteiger partial charge in [-0.25, -0.2) is 4.99 Å². The molecule has 1 aromatic carbocycles. The molecule has 3 aromatic rings. The third-order valence-electron chi connectivity index (χ3n) is 7.23. The summed E-state index contributed by atoms with van der Waals surface area (Å²) in [4.78, 5) is 37.6. The zero-order valence-electron chi connectivity index (χ0n) is 21.4. The molecule has 0 bridgehead atoms. The molecule has 0 spiro atoms. The van der Waals surface area contributed by atoms with Gasteiger partial charge in [0.1, 0.15) is 17.5 Å². The van der Waals surface area contributed by atoms with Gasteiger partial charge in [-0.3, -0.25) is 14.6 Å². The monoisotopic (exact) mass is 501 g/mol. The summed E-state index contributed by atoms with van der Waals surface area (Å²) in [6, 6.07) is 12.7. The number of likely N-dealkylation sites (tertiary alicyclic amines) is 1. The number of nitrogens with zero attached hydrogens (tertiary/aromatic N) is 4. The Bertz CT molecular complexity index is 1330. The van der Waals surface area contributed by atoms with Crippen molar-refractivity contribution in [1.82, 2.24) is 20.4 Å². The number of aliphatic hydroxyl groups excluding tert-OH is 1. The van der Waals surface area contributed by atoms with Crippen LogP contribution >= 0.6 is 0 Å². The first-order chi connectivity index (χ1) is 17.7. The number of aromatic nitrogens is 2. The molecule has 2 N–H and O–H groups in total. The molecule has 9 nitrogen and oxygen atoms in total. The molecule has 0 aliphatic carbocycles. The van der Waals surface area contributed by atoms with Crippen LogP contribution in [0.25, 0.3) is 11.1 Å². The fraction of sp³-hybridized carbons (Fsp3) is 0.393. The van der Waals surface area contributed by atoms with Crippen LogP contribution in [0.2, 0.25) is 0 Å². The average Bonchev–Trinajstić information content (AvgIpc) is 3.57. The van der Waals surface area contributed by atoms with Crippen LogP contribution in [0.4, 0.5) is 0 Å². The molecule has 0 saturated carbocycles. The molecule has 1 fully saturated rings. The van der Waals surface area contributed by atoms with Crippen LogP contribution in [-0.4, -0.2) is 56.5 Å². The molecule has 4 atom stereocenters. The SMILES string of the molecule is Cc1cc([C@@H](C(=O)N2C[C@H](O)C[C@@H]2C2=N[C@@](C)(c3ccc(-c4cccnc4)cc3)C(=O)N2)C(C)C)on1. The van der Waals surface area contributed by atoms with Crippen molar-refractivity contribution in [3.05, 3.63) is 71.9 Å². The molecule has 9 heteroatoms. The van der Waals surface area contributed by atoms with E-state index in [2.05, 4.69) is 15.5 Å². The molecule has 2 aliphatic heterocycles. The summed E-state index contributed by atoms with van der Waals surface area (Å²) in [6.07, 6.45) is 3.09. The number of nitrogens with one attached hydrogen (secondary N) is 1. The summed E-state index contributed by atoms with van der Waals surface area (Å²) in [7, 11) is 0. The molecule has 1 saturated heterocycles. The Morgan fingerprint density at radius 2 is 1.97 bits per heavy atom. The van der Waals surface area contributed by atoms with E-state index in [1.807, 2.05) is 57.2 Å². The molecular formula is C28H31N5O4. The van der Waals surface area contributed by atoms with Crippen molar-refractivity contribution in [2.24, 2.45) is 10.9 Å². The van der Waals surface area contributed by atoms with Crippen molar-refractivity contribution < 1.29 is 19.2 Å². The standard InChI is InChI=1S/C28H31N5O4/c1-16(2)24(23-12-17(3)32-37-23)26(35)33-15-21(34)13-22(33)25-30-27(36)28(4,31-25)20-9-7-18(8-10-20)19-6-5-11-29-14-19/h5-12,14,16,21-22,24,34H,13,15H2,1-4H3,(H,30,31,36)/t21-,22-,24+,28+/m1/s1. The van der Waals surface area contributed by atoms with Gasteiger partial charge in [-0.2, -0.15) is 0 Å². The van der Waals surface area contributed by atoms with Crippen molar-refractivity contribution in [3.63, 3.8) is 0 Å². The number of hydrogen-bond donors (Lipinski definition) is 2. The number of benzene rings is 1. The van der Waals surface area contributed by atoms with Gasteiger partial charge in [-0.1, -0.05) is 49.3 Å². The van der Waals surface area contributed by atoms with E-state index in [0.717, 1.165) is 16.7 Å². The Hall–Kier alpha value is -3.85. The molecule has 2 aromatic heterocycles. The van der Waals surface area contributed by atoms with Gasteiger partial charge in [0.25, 0.3) is 5.91 Å². The summed E-state index contributed by atoms with van der Waals surface area (Å²) in [6.45, 7) is 7.63. The van der Waals surface area contributed by atoms with E-state index in [1.165, 1.54) is 0 Å². The van der Waals surface area contributed by atoms with Gasteiger partial charge < -0.3 is 19.8 Å². The summed E-state index contributed by atoms with van der Waals surface area (Å²) in [5.41, 5.74) is 2.26. The van der Waals surface area contributed by atoms with Crippen LogP contribution in [0.15, 0.2) is 64.4 Å². The fourth-order valence-corrected chi connectivity index (χ4v) is 5.19. The fourth-order valence-electron chi connectivity index (χ4n) is 5.19. The Balaban J connectivity index is 1.43. The smallest absolute Gasteiger partial charge is 0.257 e. The highest BCUT2D eigenvalue weighted by Crippen LogP contribution is 2.35. The van der Waals surface area contributed by atoms with Crippen LogP contribution in [0.5, 0.6) is 0 Å². The van der Waals surface area contributed by atoms with Gasteiger partial charge in [-0.05, 0) is 42.5 Å². The minimum absolute atomic E-state index is 0.0538. The van der Waals surface area contributed by atoms with Crippen LogP contribution in [0, 0.1) is 12.8 Å². The third kappa shape index (κ3) is 4.55.